The van der Waals surface area contributed by atoms with Crippen LogP contribution in [0.2, 0.25) is 0 Å². The van der Waals surface area contributed by atoms with E-state index in [4.69, 9.17) is 23.7 Å². The first-order chi connectivity index (χ1) is 13.1. The van der Waals surface area contributed by atoms with Gasteiger partial charge in [0.1, 0.15) is 34.3 Å². The van der Waals surface area contributed by atoms with Crippen LogP contribution >= 0.6 is 8.58 Å². The van der Waals surface area contributed by atoms with Gasteiger partial charge < -0.3 is 23.7 Å². The number of carbonyl (C=O) groups excluding carboxylic acids is 1. The van der Waals surface area contributed by atoms with Gasteiger partial charge >= 0.3 is 18.9 Å². The average Bonchev–Trinajstić information content (AvgIpc) is 2.69. The van der Waals surface area contributed by atoms with E-state index >= 15 is 0 Å². The van der Waals surface area contributed by atoms with E-state index in [1.54, 1.807) is 19.2 Å². The van der Waals surface area contributed by atoms with Gasteiger partial charge in [-0.2, -0.15) is 0 Å². The maximum absolute atomic E-state index is 13.1. The summed E-state index contributed by atoms with van der Waals surface area (Å²) < 4.78 is 27.2. The predicted octanol–water partition coefficient (Wildman–Crippen LogP) is 3.01. The van der Waals surface area contributed by atoms with Crippen molar-refractivity contribution < 1.29 is 28.5 Å². The first-order valence-electron chi connectivity index (χ1n) is 8.58. The molecule has 0 spiro atoms. The first kappa shape index (κ1) is 24.2. The third-order valence-corrected chi connectivity index (χ3v) is 4.91. The van der Waals surface area contributed by atoms with Crippen LogP contribution in [0.25, 0.3) is 0 Å². The summed E-state index contributed by atoms with van der Waals surface area (Å²) >= 11 is 0. The molecular weight excluding hydrogens is 374 g/mol. The van der Waals surface area contributed by atoms with Gasteiger partial charge in [0.25, 0.3) is 0 Å². The zero-order valence-electron chi connectivity index (χ0n) is 16.3. The van der Waals surface area contributed by atoms with Crippen molar-refractivity contribution in [3.63, 3.8) is 0 Å². The minimum atomic E-state index is -0.161. The Bertz CT molecular complexity index is 771. The summed E-state index contributed by atoms with van der Waals surface area (Å²) in [7, 11) is 4.41. The second-order valence-electron chi connectivity index (χ2n) is 5.39. The molecule has 0 aliphatic rings. The number of hydrogen-bond acceptors (Lipinski definition) is 6. The molecule has 0 amide bonds. The summed E-state index contributed by atoms with van der Waals surface area (Å²) in [6.07, 6.45) is 0. The fourth-order valence-corrected chi connectivity index (χ4v) is 3.60. The Morgan fingerprint density at radius 2 is 1.39 bits per heavy atom. The molecule has 0 aromatic heterocycles. The number of rotatable bonds is 10. The molecule has 0 saturated heterocycles. The van der Waals surface area contributed by atoms with Gasteiger partial charge in [-0.15, -0.1) is 0 Å². The monoisotopic (exact) mass is 400 g/mol. The van der Waals surface area contributed by atoms with Gasteiger partial charge in [0.2, 0.25) is 0 Å². The molecule has 28 heavy (non-hydrogen) atoms. The number of hydrogen-bond donors (Lipinski definition) is 0. The maximum atomic E-state index is 13.1. The van der Waals surface area contributed by atoms with E-state index in [9.17, 15) is 4.79 Å². The molecule has 1 atom stereocenters. The number of benzene rings is 2. The van der Waals surface area contributed by atoms with Crippen LogP contribution < -0.4 is 29.0 Å². The Labute approximate surface area is 179 Å². The van der Waals surface area contributed by atoms with E-state index in [1.165, 1.54) is 14.2 Å². The molecule has 0 radical (unpaired) electrons. The van der Waals surface area contributed by atoms with Crippen molar-refractivity contribution >= 4 is 38.3 Å². The summed E-state index contributed by atoms with van der Waals surface area (Å²) in [4.78, 5) is 13.1. The van der Waals surface area contributed by atoms with Gasteiger partial charge in [-0.1, -0.05) is 0 Å². The summed E-state index contributed by atoms with van der Waals surface area (Å²) in [6, 6.07) is 8.84. The minimum absolute atomic E-state index is 0. The van der Waals surface area contributed by atoms with Crippen molar-refractivity contribution in [3.05, 3.63) is 35.9 Å². The molecule has 6 nitrogen and oxygen atoms in total. The molecule has 0 bridgehead atoms. The summed E-state index contributed by atoms with van der Waals surface area (Å²) in [5, 5.41) is 0.797. The van der Waals surface area contributed by atoms with Crippen LogP contribution in [0, 0.1) is 0 Å². The molecule has 0 N–H and O–H groups in total. The van der Waals surface area contributed by atoms with Crippen molar-refractivity contribution in [2.75, 3.05) is 34.5 Å². The van der Waals surface area contributed by atoms with Gasteiger partial charge in [0, 0.05) is 23.5 Å². The topological polar surface area (TPSA) is 63.2 Å². The molecule has 0 aliphatic carbocycles. The van der Waals surface area contributed by atoms with E-state index in [0.29, 0.717) is 47.5 Å². The zero-order valence-corrected chi connectivity index (χ0v) is 17.3. The molecule has 148 valence electrons. The number of ether oxygens (including phenoxy) is 5. The standard InChI is InChI=1S/C20H25O6P.Li.H/c1-6-25-13-8-9-18(15(10-13)26-7-2)27-20(21)19-16(23-4)11-14(22-3)12-17(19)24-5;;/h8-12,27H,6-7H2,1-5H3;;. The molecule has 0 aliphatic heterocycles. The SMILES string of the molecule is CCOc1ccc(PC(=O)c2c(OC)cc(OC)cc2OC)c(OCC)c1.[LiH]. The van der Waals surface area contributed by atoms with E-state index in [2.05, 4.69) is 0 Å². The molecule has 2 aromatic rings. The van der Waals surface area contributed by atoms with Crippen LogP contribution in [0.15, 0.2) is 30.3 Å². The molecule has 0 fully saturated rings. The van der Waals surface area contributed by atoms with Crippen molar-refractivity contribution in [3.8, 4) is 28.7 Å². The second kappa shape index (κ2) is 11.9. The summed E-state index contributed by atoms with van der Waals surface area (Å²) in [5.41, 5.74) is 0.270. The molecular formula is C20H26LiO6P. The Hall–Kier alpha value is -1.86. The third kappa shape index (κ3) is 5.82. The normalized spacial score (nSPS) is 10.3. The van der Waals surface area contributed by atoms with Crippen molar-refractivity contribution in [1.82, 2.24) is 0 Å². The van der Waals surface area contributed by atoms with E-state index in [1.807, 2.05) is 32.0 Å². The molecule has 0 saturated carbocycles. The Morgan fingerprint density at radius 1 is 0.821 bits per heavy atom. The van der Waals surface area contributed by atoms with E-state index in [-0.39, 0.29) is 33.0 Å². The van der Waals surface area contributed by atoms with Crippen LogP contribution in [0.4, 0.5) is 0 Å². The first-order valence-corrected chi connectivity index (χ1v) is 9.58. The Morgan fingerprint density at radius 3 is 1.89 bits per heavy atom. The summed E-state index contributed by atoms with van der Waals surface area (Å²) in [5.74, 6) is 2.72. The molecule has 8 heteroatoms. The molecule has 2 rings (SSSR count). The van der Waals surface area contributed by atoms with Crippen LogP contribution in [0.5, 0.6) is 28.7 Å². The van der Waals surface area contributed by atoms with Gasteiger partial charge in [-0.3, -0.25) is 4.79 Å². The van der Waals surface area contributed by atoms with Gasteiger partial charge in [0.15, 0.2) is 5.52 Å². The van der Waals surface area contributed by atoms with Crippen LogP contribution in [0.3, 0.4) is 0 Å². The zero-order chi connectivity index (χ0) is 19.8. The quantitative estimate of drug-likeness (QED) is 0.451. The number of methoxy groups -OCH3 is 3. The van der Waals surface area contributed by atoms with Crippen molar-refractivity contribution in [1.29, 1.82) is 0 Å². The van der Waals surface area contributed by atoms with E-state index in [0.717, 1.165) is 5.30 Å². The van der Waals surface area contributed by atoms with Crippen LogP contribution in [-0.4, -0.2) is 58.9 Å². The molecule has 2 aromatic carbocycles. The molecule has 1 unspecified atom stereocenters. The van der Waals surface area contributed by atoms with Crippen molar-refractivity contribution in [2.24, 2.45) is 0 Å². The van der Waals surface area contributed by atoms with Gasteiger partial charge in [-0.25, -0.2) is 0 Å². The van der Waals surface area contributed by atoms with Crippen LogP contribution in [-0.2, 0) is 0 Å². The second-order valence-corrected chi connectivity index (χ2v) is 6.63. The predicted molar refractivity (Wildman–Crippen MR) is 114 cm³/mol. The Kier molecular flexibility index (Phi) is 10.2. The number of carbonyl (C=O) groups is 1. The summed E-state index contributed by atoms with van der Waals surface area (Å²) in [6.45, 7) is 4.88. The fourth-order valence-electron chi connectivity index (χ4n) is 2.55. The Balaban J connectivity index is 0.00000392. The van der Waals surface area contributed by atoms with Crippen molar-refractivity contribution in [2.45, 2.75) is 13.8 Å². The van der Waals surface area contributed by atoms with Gasteiger partial charge in [0.05, 0.1) is 34.5 Å². The molecule has 0 heterocycles. The third-order valence-electron chi connectivity index (χ3n) is 3.75. The fraction of sp³-hybridized carbons (Fsp3) is 0.350. The van der Waals surface area contributed by atoms with Gasteiger partial charge in [-0.05, 0) is 34.6 Å². The van der Waals surface area contributed by atoms with Crippen LogP contribution in [0.1, 0.15) is 24.2 Å². The average molecular weight is 400 g/mol. The van der Waals surface area contributed by atoms with E-state index < -0.39 is 0 Å².